The molecule has 0 unspecified atom stereocenters. The molecule has 3 rings (SSSR count). The van der Waals surface area contributed by atoms with Crippen LogP contribution in [0.15, 0.2) is 100.0 Å². The molecule has 0 heterocycles. The lowest BCUT2D eigenvalue weighted by atomic mass is 9.99. The van der Waals surface area contributed by atoms with Gasteiger partial charge in [0.05, 0.1) is 23.3 Å². The van der Waals surface area contributed by atoms with E-state index in [9.17, 15) is 37.8 Å². The molecular formula is C45H63N7O11S. The number of aliphatic imine (C=N–C) groups is 1. The number of benzene rings is 3. The monoisotopic (exact) mass is 909 g/mol. The number of carboxylic acid groups (broad SMARTS) is 1. The van der Waals surface area contributed by atoms with E-state index in [0.717, 1.165) is 15.4 Å². The Kier molecular flexibility index (Phi) is 19.7. The van der Waals surface area contributed by atoms with Crippen molar-refractivity contribution in [2.75, 3.05) is 19.6 Å². The first-order valence-corrected chi connectivity index (χ1v) is 22.3. The largest absolute Gasteiger partial charge is 0.465 e. The third-order valence-corrected chi connectivity index (χ3v) is 10.9. The molecule has 18 nitrogen and oxygen atoms in total. The Morgan fingerprint density at radius 3 is 1.94 bits per heavy atom. The molecule has 19 heteroatoms. The summed E-state index contributed by atoms with van der Waals surface area (Å²) >= 11 is 0. The maximum Gasteiger partial charge on any atom is 0.437 e. The summed E-state index contributed by atoms with van der Waals surface area (Å²) in [4.78, 5) is 57.6. The number of hydrogen-bond acceptors (Lipinski definition) is 11. The highest BCUT2D eigenvalue weighted by Crippen LogP contribution is 2.21. The minimum absolute atomic E-state index is 0.0206. The maximum absolute atomic E-state index is 14.6. The Balaban J connectivity index is 1.98. The van der Waals surface area contributed by atoms with E-state index in [1.807, 2.05) is 13.8 Å². The number of hydrogen-bond donors (Lipinski definition) is 6. The Morgan fingerprint density at radius 1 is 0.828 bits per heavy atom. The minimum atomic E-state index is -4.20. The molecule has 0 spiro atoms. The number of carbonyl (C=O) groups is 4. The molecule has 6 N–H and O–H groups in total. The van der Waals surface area contributed by atoms with E-state index in [2.05, 4.69) is 26.1 Å². The Labute approximate surface area is 375 Å². The molecule has 0 aromatic heterocycles. The van der Waals surface area contributed by atoms with E-state index in [1.54, 1.807) is 102 Å². The second-order valence-corrected chi connectivity index (χ2v) is 19.4. The number of aliphatic hydroxyl groups is 1. The van der Waals surface area contributed by atoms with Crippen LogP contribution in [0.4, 0.5) is 14.4 Å². The van der Waals surface area contributed by atoms with Gasteiger partial charge in [0.15, 0.2) is 0 Å². The van der Waals surface area contributed by atoms with Crippen molar-refractivity contribution < 1.29 is 52.5 Å². The third kappa shape index (κ3) is 18.4. The zero-order valence-electron chi connectivity index (χ0n) is 37.7. The summed E-state index contributed by atoms with van der Waals surface area (Å²) in [6.07, 6.45) is -3.59. The normalized spacial score (nSPS) is 13.8. The smallest absolute Gasteiger partial charge is 0.437 e. The van der Waals surface area contributed by atoms with Crippen LogP contribution in [0.2, 0.25) is 0 Å². The molecule has 0 aliphatic carbocycles. The number of ether oxygens (including phenoxy) is 2. The van der Waals surface area contributed by atoms with Gasteiger partial charge in [0.2, 0.25) is 21.9 Å². The van der Waals surface area contributed by atoms with Crippen LogP contribution in [0.25, 0.3) is 0 Å². The van der Waals surface area contributed by atoms with Crippen LogP contribution in [0.5, 0.6) is 0 Å². The van der Waals surface area contributed by atoms with Crippen LogP contribution in [0.3, 0.4) is 0 Å². The van der Waals surface area contributed by atoms with Crippen molar-refractivity contribution in [1.29, 1.82) is 0 Å². The van der Waals surface area contributed by atoms with E-state index in [0.29, 0.717) is 16.7 Å². The first kappa shape index (κ1) is 52.3. The number of rotatable bonds is 19. The number of alkyl carbamates (subject to hydrolysis) is 1. The molecule has 64 heavy (non-hydrogen) atoms. The summed E-state index contributed by atoms with van der Waals surface area (Å²) < 4.78 is 39.9. The van der Waals surface area contributed by atoms with Gasteiger partial charge in [-0.15, -0.1) is 4.99 Å². The molecule has 0 aliphatic heterocycles. The molecule has 0 saturated carbocycles. The molecule has 0 saturated heterocycles. The van der Waals surface area contributed by atoms with Crippen molar-refractivity contribution in [2.24, 2.45) is 16.1 Å². The summed E-state index contributed by atoms with van der Waals surface area (Å²) in [6.45, 7) is 13.0. The first-order valence-electron chi connectivity index (χ1n) is 20.9. The highest BCUT2D eigenvalue weighted by molar-refractivity contribution is 7.89. The highest BCUT2D eigenvalue weighted by atomic mass is 32.2. The van der Waals surface area contributed by atoms with E-state index in [1.165, 1.54) is 24.3 Å². The average Bonchev–Trinajstić information content (AvgIpc) is 3.19. The number of nitrogens with zero attached hydrogens (tertiary/aromatic N) is 4. The Bertz CT molecular complexity index is 2140. The van der Waals surface area contributed by atoms with Gasteiger partial charge in [-0.1, -0.05) is 91.8 Å². The Morgan fingerprint density at radius 2 is 1.41 bits per heavy atom. The van der Waals surface area contributed by atoms with Gasteiger partial charge in [-0.3, -0.25) is 15.0 Å². The summed E-state index contributed by atoms with van der Waals surface area (Å²) in [5.41, 5.74) is -0.00525. The number of guanidine groups is 1. The second kappa shape index (κ2) is 24.1. The van der Waals surface area contributed by atoms with Crippen molar-refractivity contribution >= 4 is 46.4 Å². The van der Waals surface area contributed by atoms with E-state index < -0.39 is 70.1 Å². The number of carbonyl (C=O) groups excluding carboxylic acids is 3. The summed E-state index contributed by atoms with van der Waals surface area (Å²) in [6, 6.07) is 20.8. The molecule has 0 bridgehead atoms. The van der Waals surface area contributed by atoms with E-state index in [-0.39, 0.29) is 55.7 Å². The first-order chi connectivity index (χ1) is 30.0. The molecular weight excluding hydrogens is 847 g/mol. The number of amides is 4. The predicted octanol–water partition coefficient (Wildman–Crippen LogP) is 5.96. The van der Waals surface area contributed by atoms with Crippen LogP contribution >= 0.6 is 0 Å². The number of oxime groups is 1. The molecule has 3 aromatic rings. The van der Waals surface area contributed by atoms with Crippen molar-refractivity contribution in [3.8, 4) is 0 Å². The molecule has 350 valence electrons. The standard InChI is InChI=1S/C45H63N7O11S/c1-31(2)28-51(64(60,61)35-23-21-33(22-24-35)27-47-59)30-38(53)36(26-32-16-11-9-12-17-32)48-39(54)37(52(43(57)58)29-34-18-13-10-14-19-34)20-15-25-46-40(49-41(55)62-44(3,4)5)50-42(56)63-45(6,7)8/h9-14,16-19,21-24,27,31,36-38,53,59H,15,20,25-26,28-30H2,1-8H3,(H,48,54)(H,57,58)(H2,46,49,50,55,56)/b47-27+/t36-,37-,38+/m0/s1. The zero-order valence-corrected chi connectivity index (χ0v) is 38.5. The molecule has 4 amide bonds. The predicted molar refractivity (Wildman–Crippen MR) is 242 cm³/mol. The van der Waals surface area contributed by atoms with Gasteiger partial charge in [-0.05, 0) is 95.5 Å². The van der Waals surface area contributed by atoms with Crippen LogP contribution in [-0.4, -0.2) is 118 Å². The van der Waals surface area contributed by atoms with Crippen LogP contribution in [0.1, 0.15) is 84.9 Å². The molecule has 0 radical (unpaired) electrons. The quantitative estimate of drug-likeness (QED) is 0.0268. The molecule has 0 aliphatic rings. The number of sulfonamides is 1. The van der Waals surface area contributed by atoms with Gasteiger partial charge in [0.25, 0.3) is 0 Å². The highest BCUT2D eigenvalue weighted by Gasteiger charge is 2.35. The van der Waals surface area contributed by atoms with Crippen LogP contribution < -0.4 is 16.0 Å². The van der Waals surface area contributed by atoms with Crippen molar-refractivity contribution in [3.63, 3.8) is 0 Å². The average molecular weight is 910 g/mol. The summed E-state index contributed by atoms with van der Waals surface area (Å²) in [5, 5.41) is 42.5. The van der Waals surface area contributed by atoms with E-state index in [4.69, 9.17) is 14.7 Å². The topological polar surface area (TPSA) is 249 Å². The fourth-order valence-electron chi connectivity index (χ4n) is 6.30. The minimum Gasteiger partial charge on any atom is -0.465 e. The van der Waals surface area contributed by atoms with Gasteiger partial charge in [-0.2, -0.15) is 4.31 Å². The zero-order chi connectivity index (χ0) is 47.7. The number of nitrogens with one attached hydrogen (secondary N) is 3. The van der Waals surface area contributed by atoms with Gasteiger partial charge in [-0.25, -0.2) is 22.8 Å². The van der Waals surface area contributed by atoms with E-state index >= 15 is 0 Å². The fourth-order valence-corrected chi connectivity index (χ4v) is 7.92. The van der Waals surface area contributed by atoms with Crippen LogP contribution in [-0.2, 0) is 37.3 Å². The summed E-state index contributed by atoms with van der Waals surface area (Å²) in [5.74, 6) is -1.22. The number of aliphatic hydroxyl groups excluding tert-OH is 1. The van der Waals surface area contributed by atoms with Gasteiger partial charge in [0.1, 0.15) is 17.2 Å². The lowest BCUT2D eigenvalue weighted by Gasteiger charge is -2.33. The molecule has 3 aromatic carbocycles. The Hall–Kier alpha value is -6.05. The summed E-state index contributed by atoms with van der Waals surface area (Å²) in [7, 11) is -4.20. The van der Waals surface area contributed by atoms with Crippen molar-refractivity contribution in [2.45, 2.75) is 115 Å². The van der Waals surface area contributed by atoms with Gasteiger partial charge < -0.3 is 35.5 Å². The van der Waals surface area contributed by atoms with Gasteiger partial charge >= 0.3 is 18.3 Å². The fraction of sp³-hybridized carbons (Fsp3) is 0.467. The SMILES string of the molecule is CC(C)CN(C[C@@H](O)[C@H](Cc1ccccc1)NC(=O)[C@H](CCCN/C(=N/C(=O)OC(C)(C)C)NC(=O)OC(C)(C)C)N(Cc1ccccc1)C(=O)O)S(=O)(=O)c1ccc(/C=N/O)cc1. The molecule has 3 atom stereocenters. The van der Waals surface area contributed by atoms with Crippen LogP contribution in [0, 0.1) is 5.92 Å². The van der Waals surface area contributed by atoms with Crippen molar-refractivity contribution in [1.82, 2.24) is 25.2 Å². The van der Waals surface area contributed by atoms with Gasteiger partial charge in [0, 0.05) is 26.2 Å². The molecule has 0 fully saturated rings. The van der Waals surface area contributed by atoms with Crippen molar-refractivity contribution in [3.05, 3.63) is 102 Å². The lowest BCUT2D eigenvalue weighted by Crippen LogP contribution is -2.56. The maximum atomic E-state index is 14.6. The third-order valence-electron chi connectivity index (χ3n) is 9.06. The second-order valence-electron chi connectivity index (χ2n) is 17.5. The lowest BCUT2D eigenvalue weighted by molar-refractivity contribution is -0.128.